The first-order chi connectivity index (χ1) is 13.7. The highest BCUT2D eigenvalue weighted by atomic mass is 79.9. The van der Waals surface area contributed by atoms with Crippen LogP contribution in [0.25, 0.3) is 11.0 Å². The van der Waals surface area contributed by atoms with Gasteiger partial charge in [0.1, 0.15) is 11.5 Å². The minimum atomic E-state index is -5.08. The molecule has 0 spiro atoms. The molecule has 2 N–H and O–H groups in total. The van der Waals surface area contributed by atoms with E-state index < -0.39 is 12.1 Å². The van der Waals surface area contributed by atoms with Gasteiger partial charge in [0.25, 0.3) is 0 Å². The summed E-state index contributed by atoms with van der Waals surface area (Å²) in [5.41, 5.74) is 2.98. The number of rotatable bonds is 5. The zero-order chi connectivity index (χ0) is 21.6. The van der Waals surface area contributed by atoms with E-state index >= 15 is 0 Å². The molecule has 0 saturated carbocycles. The summed E-state index contributed by atoms with van der Waals surface area (Å²) in [5, 5.41) is 8.04. The summed E-state index contributed by atoms with van der Waals surface area (Å²) in [4.78, 5) is 25.6. The number of aliphatic carboxylic acids is 1. The number of aromatic nitrogens is 4. The number of carboxylic acids is 1. The van der Waals surface area contributed by atoms with Gasteiger partial charge in [0, 0.05) is 24.5 Å². The first-order valence-electron chi connectivity index (χ1n) is 8.56. The molecule has 0 saturated heterocycles. The fraction of sp³-hybridized carbons (Fsp3) is 0.333. The van der Waals surface area contributed by atoms with E-state index in [9.17, 15) is 13.2 Å². The average molecular weight is 475 g/mol. The Morgan fingerprint density at radius 2 is 2.00 bits per heavy atom. The van der Waals surface area contributed by atoms with Crippen LogP contribution in [-0.2, 0) is 17.6 Å². The van der Waals surface area contributed by atoms with Gasteiger partial charge < -0.3 is 14.8 Å². The van der Waals surface area contributed by atoms with Gasteiger partial charge in [-0.05, 0) is 40.9 Å². The van der Waals surface area contributed by atoms with Gasteiger partial charge in [-0.25, -0.2) is 9.78 Å². The van der Waals surface area contributed by atoms with Crippen molar-refractivity contribution in [1.82, 2.24) is 19.9 Å². The lowest BCUT2D eigenvalue weighted by Gasteiger charge is -2.07. The van der Waals surface area contributed by atoms with E-state index in [1.165, 1.54) is 0 Å². The normalized spacial score (nSPS) is 11.1. The van der Waals surface area contributed by atoms with Crippen LogP contribution in [0.5, 0.6) is 5.88 Å². The lowest BCUT2D eigenvalue weighted by Crippen LogP contribution is -2.21. The third kappa shape index (κ3) is 5.89. The number of hydrogen-bond acceptors (Lipinski definition) is 5. The number of aryl methyl sites for hydroxylation is 1. The van der Waals surface area contributed by atoms with E-state index in [2.05, 4.69) is 42.8 Å². The maximum absolute atomic E-state index is 10.6. The molecule has 0 unspecified atom stereocenters. The van der Waals surface area contributed by atoms with Gasteiger partial charge in [0.2, 0.25) is 5.88 Å². The van der Waals surface area contributed by atoms with E-state index in [1.807, 2.05) is 25.3 Å². The molecule has 3 aromatic heterocycles. The topological polar surface area (TPSA) is 101 Å². The first kappa shape index (κ1) is 22.6. The SMILES string of the molecule is CCOc1nc(Cc2cccnc2)nc2[nH]c(CC)c(Br)c12.O=C(O)C(F)(F)F. The molecule has 0 atom stereocenters. The van der Waals surface area contributed by atoms with Crippen molar-refractivity contribution in [2.24, 2.45) is 0 Å². The highest BCUT2D eigenvalue weighted by Crippen LogP contribution is 2.33. The fourth-order valence-corrected chi connectivity index (χ4v) is 3.11. The second-order valence-corrected chi connectivity index (χ2v) is 6.51. The molecule has 3 aromatic rings. The zero-order valence-corrected chi connectivity index (χ0v) is 17.1. The Kier molecular flexibility index (Phi) is 7.54. The number of hydrogen-bond donors (Lipinski definition) is 2. The van der Waals surface area contributed by atoms with E-state index in [4.69, 9.17) is 14.6 Å². The van der Waals surface area contributed by atoms with Crippen molar-refractivity contribution >= 4 is 32.9 Å². The Hall–Kier alpha value is -2.69. The average Bonchev–Trinajstić information content (AvgIpc) is 2.98. The second kappa shape index (κ2) is 9.68. The number of fused-ring (bicyclic) bond motifs is 1. The van der Waals surface area contributed by atoms with Crippen LogP contribution < -0.4 is 4.74 Å². The number of pyridine rings is 1. The molecule has 0 aliphatic rings. The first-order valence-corrected chi connectivity index (χ1v) is 9.35. The van der Waals surface area contributed by atoms with Gasteiger partial charge in [0.05, 0.1) is 16.5 Å². The Morgan fingerprint density at radius 1 is 1.31 bits per heavy atom. The van der Waals surface area contributed by atoms with Crippen LogP contribution in [-0.4, -0.2) is 43.8 Å². The minimum Gasteiger partial charge on any atom is -0.477 e. The fourth-order valence-electron chi connectivity index (χ4n) is 2.37. The van der Waals surface area contributed by atoms with Crippen LogP contribution >= 0.6 is 15.9 Å². The number of carbonyl (C=O) groups is 1. The maximum atomic E-state index is 10.6. The molecule has 11 heteroatoms. The van der Waals surface area contributed by atoms with Gasteiger partial charge in [0.15, 0.2) is 0 Å². The summed E-state index contributed by atoms with van der Waals surface area (Å²) in [6, 6.07) is 3.93. The van der Waals surface area contributed by atoms with Crippen molar-refractivity contribution in [3.63, 3.8) is 0 Å². The Labute approximate surface area is 172 Å². The van der Waals surface area contributed by atoms with Crippen LogP contribution in [0.15, 0.2) is 29.0 Å². The molecule has 0 amide bonds. The molecule has 0 aliphatic carbocycles. The van der Waals surface area contributed by atoms with Gasteiger partial charge in [-0.15, -0.1) is 0 Å². The lowest BCUT2D eigenvalue weighted by atomic mass is 10.2. The number of H-pyrrole nitrogens is 1. The van der Waals surface area contributed by atoms with E-state index in [0.29, 0.717) is 18.9 Å². The molecule has 7 nitrogen and oxygen atoms in total. The predicted octanol–water partition coefficient (Wildman–Crippen LogP) is 4.30. The van der Waals surface area contributed by atoms with Gasteiger partial charge in [-0.1, -0.05) is 13.0 Å². The van der Waals surface area contributed by atoms with Crippen LogP contribution in [0.1, 0.15) is 30.9 Å². The number of alkyl halides is 3. The van der Waals surface area contributed by atoms with E-state index in [-0.39, 0.29) is 0 Å². The highest BCUT2D eigenvalue weighted by molar-refractivity contribution is 9.10. The number of ether oxygens (including phenoxy) is 1. The van der Waals surface area contributed by atoms with Gasteiger partial charge >= 0.3 is 12.1 Å². The van der Waals surface area contributed by atoms with Crippen molar-refractivity contribution in [3.8, 4) is 5.88 Å². The van der Waals surface area contributed by atoms with Crippen LogP contribution in [0, 0.1) is 0 Å². The highest BCUT2D eigenvalue weighted by Gasteiger charge is 2.38. The quantitative estimate of drug-likeness (QED) is 0.571. The van der Waals surface area contributed by atoms with Crippen LogP contribution in [0.3, 0.4) is 0 Å². The largest absolute Gasteiger partial charge is 0.490 e. The van der Waals surface area contributed by atoms with Crippen molar-refractivity contribution in [2.75, 3.05) is 6.61 Å². The standard InChI is InChI=1S/C16H17BrN4O.C2HF3O2/c1-3-11-14(17)13-15(19-11)20-12(21-16(13)22-4-2)8-10-6-5-7-18-9-10;3-2(4,5)1(6)7/h5-7,9H,3-4,8H2,1-2H3,(H,19,20,21);(H,6,7). The minimum absolute atomic E-state index is 0.567. The molecular formula is C18H18BrF3N4O3. The molecule has 3 rings (SSSR count). The molecule has 3 heterocycles. The smallest absolute Gasteiger partial charge is 0.477 e. The molecule has 0 fully saturated rings. The Balaban J connectivity index is 0.000000370. The Bertz CT molecular complexity index is 978. The summed E-state index contributed by atoms with van der Waals surface area (Å²) in [6.07, 6.45) is 0.0210. The second-order valence-electron chi connectivity index (χ2n) is 5.71. The predicted molar refractivity (Wildman–Crippen MR) is 103 cm³/mol. The summed E-state index contributed by atoms with van der Waals surface area (Å²) in [6.45, 7) is 4.62. The van der Waals surface area contributed by atoms with Crippen molar-refractivity contribution in [1.29, 1.82) is 0 Å². The van der Waals surface area contributed by atoms with E-state index in [1.54, 1.807) is 6.20 Å². The van der Waals surface area contributed by atoms with Crippen molar-refractivity contribution in [2.45, 2.75) is 32.9 Å². The summed E-state index contributed by atoms with van der Waals surface area (Å²) in [7, 11) is 0. The lowest BCUT2D eigenvalue weighted by molar-refractivity contribution is -0.192. The monoisotopic (exact) mass is 474 g/mol. The molecule has 0 aromatic carbocycles. The number of nitrogens with zero attached hydrogens (tertiary/aromatic N) is 3. The van der Waals surface area contributed by atoms with Crippen molar-refractivity contribution < 1.29 is 27.8 Å². The van der Waals surface area contributed by atoms with Crippen LogP contribution in [0.4, 0.5) is 13.2 Å². The summed E-state index contributed by atoms with van der Waals surface area (Å²) < 4.78 is 38.4. The molecule has 0 aliphatic heterocycles. The van der Waals surface area contributed by atoms with Gasteiger partial charge in [-0.2, -0.15) is 18.2 Å². The maximum Gasteiger partial charge on any atom is 0.490 e. The molecule has 0 radical (unpaired) electrons. The zero-order valence-electron chi connectivity index (χ0n) is 15.5. The van der Waals surface area contributed by atoms with E-state index in [0.717, 1.165) is 39.0 Å². The third-order valence-electron chi connectivity index (χ3n) is 3.64. The number of aromatic amines is 1. The summed E-state index contributed by atoms with van der Waals surface area (Å²) >= 11 is 3.62. The van der Waals surface area contributed by atoms with Gasteiger partial charge in [-0.3, -0.25) is 4.98 Å². The molecule has 29 heavy (non-hydrogen) atoms. The number of halogens is 4. The third-order valence-corrected chi connectivity index (χ3v) is 4.51. The van der Waals surface area contributed by atoms with Crippen LogP contribution in [0.2, 0.25) is 0 Å². The molecule has 0 bridgehead atoms. The molecular weight excluding hydrogens is 457 g/mol. The molecule has 156 valence electrons. The van der Waals surface area contributed by atoms with Crippen molar-refractivity contribution in [3.05, 3.63) is 46.1 Å². The Morgan fingerprint density at radius 3 is 2.52 bits per heavy atom. The number of carboxylic acid groups (broad SMARTS) is 1. The summed E-state index contributed by atoms with van der Waals surface area (Å²) in [5.74, 6) is -1.41. The number of nitrogens with one attached hydrogen (secondary N) is 1.